The van der Waals surface area contributed by atoms with Crippen LogP contribution in [0.15, 0.2) is 17.8 Å². The van der Waals surface area contributed by atoms with Gasteiger partial charge in [-0.1, -0.05) is 6.42 Å². The summed E-state index contributed by atoms with van der Waals surface area (Å²) in [5.41, 5.74) is 1.19. The molecule has 0 bridgehead atoms. The van der Waals surface area contributed by atoms with E-state index in [1.54, 1.807) is 11.3 Å². The van der Waals surface area contributed by atoms with E-state index in [9.17, 15) is 0 Å². The van der Waals surface area contributed by atoms with E-state index >= 15 is 0 Å². The number of rotatable bonds is 2. The normalized spacial score (nSPS) is 26.5. The standard InChI is InChI=1S/C11H13ClN2S/c12-10-3-1-2-8(10)6-9-7-14-4-5-15-11(14)13-9/h4-5,7-8,10H,1-3,6H2. The van der Waals surface area contributed by atoms with Crippen molar-refractivity contribution in [3.63, 3.8) is 0 Å². The van der Waals surface area contributed by atoms with E-state index in [0.29, 0.717) is 11.3 Å². The molecule has 0 saturated heterocycles. The first-order valence-corrected chi connectivity index (χ1v) is 6.69. The zero-order chi connectivity index (χ0) is 10.3. The average Bonchev–Trinajstić information content (AvgIpc) is 2.83. The van der Waals surface area contributed by atoms with Crippen molar-refractivity contribution in [3.05, 3.63) is 23.5 Å². The maximum Gasteiger partial charge on any atom is 0.193 e. The second-order valence-electron chi connectivity index (χ2n) is 4.24. The third-order valence-electron chi connectivity index (χ3n) is 3.18. The summed E-state index contributed by atoms with van der Waals surface area (Å²) in [6.45, 7) is 0. The third kappa shape index (κ3) is 1.79. The third-order valence-corrected chi connectivity index (χ3v) is 4.53. The van der Waals surface area contributed by atoms with Gasteiger partial charge in [-0.15, -0.1) is 22.9 Å². The SMILES string of the molecule is ClC1CCCC1Cc1cn2ccsc2n1. The van der Waals surface area contributed by atoms with E-state index in [4.69, 9.17) is 11.6 Å². The van der Waals surface area contributed by atoms with Crippen LogP contribution in [0.3, 0.4) is 0 Å². The second kappa shape index (κ2) is 3.80. The minimum atomic E-state index is 0.365. The van der Waals surface area contributed by atoms with E-state index < -0.39 is 0 Å². The Labute approximate surface area is 97.9 Å². The van der Waals surface area contributed by atoms with Crippen molar-refractivity contribution >= 4 is 27.9 Å². The van der Waals surface area contributed by atoms with Crippen LogP contribution in [0.2, 0.25) is 0 Å². The molecule has 0 radical (unpaired) electrons. The topological polar surface area (TPSA) is 17.3 Å². The number of nitrogens with zero attached hydrogens (tertiary/aromatic N) is 2. The van der Waals surface area contributed by atoms with Crippen LogP contribution in [-0.2, 0) is 6.42 Å². The van der Waals surface area contributed by atoms with E-state index in [-0.39, 0.29) is 0 Å². The summed E-state index contributed by atoms with van der Waals surface area (Å²) in [7, 11) is 0. The van der Waals surface area contributed by atoms with Crippen molar-refractivity contribution in [2.45, 2.75) is 31.1 Å². The Morgan fingerprint density at radius 1 is 1.53 bits per heavy atom. The highest BCUT2D eigenvalue weighted by molar-refractivity contribution is 7.15. The quantitative estimate of drug-likeness (QED) is 0.736. The number of aromatic nitrogens is 2. The molecule has 0 aliphatic heterocycles. The Morgan fingerprint density at radius 3 is 3.20 bits per heavy atom. The summed E-state index contributed by atoms with van der Waals surface area (Å²) in [5.74, 6) is 0.635. The van der Waals surface area contributed by atoms with E-state index in [1.807, 2.05) is 0 Å². The summed E-state index contributed by atoms with van der Waals surface area (Å²) in [6, 6.07) is 0. The molecule has 0 amide bonds. The first-order valence-electron chi connectivity index (χ1n) is 5.38. The fourth-order valence-corrected chi connectivity index (χ4v) is 3.45. The molecule has 15 heavy (non-hydrogen) atoms. The van der Waals surface area contributed by atoms with E-state index in [2.05, 4.69) is 27.2 Å². The van der Waals surface area contributed by atoms with Crippen LogP contribution in [0.1, 0.15) is 25.0 Å². The van der Waals surface area contributed by atoms with Gasteiger partial charge in [0.1, 0.15) is 0 Å². The lowest BCUT2D eigenvalue weighted by molar-refractivity contribution is 0.547. The van der Waals surface area contributed by atoms with Crippen LogP contribution >= 0.6 is 22.9 Å². The smallest absolute Gasteiger partial charge is 0.193 e. The minimum absolute atomic E-state index is 0.365. The molecular weight excluding hydrogens is 228 g/mol. The molecule has 2 nitrogen and oxygen atoms in total. The van der Waals surface area contributed by atoms with E-state index in [1.165, 1.54) is 25.0 Å². The number of hydrogen-bond donors (Lipinski definition) is 0. The highest BCUT2D eigenvalue weighted by Crippen LogP contribution is 2.32. The molecule has 2 atom stereocenters. The van der Waals surface area contributed by atoms with Crippen LogP contribution < -0.4 is 0 Å². The van der Waals surface area contributed by atoms with Crippen LogP contribution in [0, 0.1) is 5.92 Å². The Bertz CT molecular complexity index is 433. The molecule has 2 aromatic heterocycles. The van der Waals surface area contributed by atoms with Crippen molar-refractivity contribution in [1.29, 1.82) is 0 Å². The molecule has 0 spiro atoms. The minimum Gasteiger partial charge on any atom is -0.297 e. The lowest BCUT2D eigenvalue weighted by atomic mass is 10.0. The van der Waals surface area contributed by atoms with Crippen molar-refractivity contribution in [3.8, 4) is 0 Å². The van der Waals surface area contributed by atoms with Crippen molar-refractivity contribution < 1.29 is 0 Å². The Hall–Kier alpha value is -0.540. The van der Waals surface area contributed by atoms with Crippen molar-refractivity contribution in [2.75, 3.05) is 0 Å². The monoisotopic (exact) mass is 240 g/mol. The van der Waals surface area contributed by atoms with Crippen molar-refractivity contribution in [2.24, 2.45) is 5.92 Å². The zero-order valence-corrected chi connectivity index (χ0v) is 9.97. The molecule has 1 fully saturated rings. The fourth-order valence-electron chi connectivity index (χ4n) is 2.36. The Kier molecular flexibility index (Phi) is 2.45. The summed E-state index contributed by atoms with van der Waals surface area (Å²) in [5, 5.41) is 2.43. The molecule has 2 unspecified atom stereocenters. The van der Waals surface area contributed by atoms with Gasteiger partial charge < -0.3 is 0 Å². The highest BCUT2D eigenvalue weighted by atomic mass is 35.5. The maximum absolute atomic E-state index is 6.27. The lowest BCUT2D eigenvalue weighted by Gasteiger charge is -2.10. The molecular formula is C11H13ClN2S. The van der Waals surface area contributed by atoms with Crippen LogP contribution in [0.4, 0.5) is 0 Å². The van der Waals surface area contributed by atoms with Gasteiger partial charge >= 0.3 is 0 Å². The van der Waals surface area contributed by atoms with Gasteiger partial charge in [-0.2, -0.15) is 0 Å². The molecule has 80 valence electrons. The van der Waals surface area contributed by atoms with Gasteiger partial charge in [-0.05, 0) is 25.2 Å². The van der Waals surface area contributed by atoms with E-state index in [0.717, 1.165) is 11.4 Å². The maximum atomic E-state index is 6.27. The highest BCUT2D eigenvalue weighted by Gasteiger charge is 2.26. The fraction of sp³-hybridized carbons (Fsp3) is 0.545. The number of hydrogen-bond acceptors (Lipinski definition) is 2. The molecule has 1 saturated carbocycles. The second-order valence-corrected chi connectivity index (χ2v) is 5.67. The predicted octanol–water partition coefficient (Wildman–Crippen LogP) is 3.35. The molecule has 3 rings (SSSR count). The number of alkyl halides is 1. The largest absolute Gasteiger partial charge is 0.297 e. The summed E-state index contributed by atoms with van der Waals surface area (Å²) in [6.07, 6.45) is 8.95. The van der Waals surface area contributed by atoms with Crippen LogP contribution in [0.25, 0.3) is 4.96 Å². The van der Waals surface area contributed by atoms with Crippen LogP contribution in [-0.4, -0.2) is 14.8 Å². The first-order chi connectivity index (χ1) is 7.33. The van der Waals surface area contributed by atoms with Gasteiger partial charge in [0.05, 0.1) is 5.69 Å². The average molecular weight is 241 g/mol. The predicted molar refractivity (Wildman–Crippen MR) is 63.8 cm³/mol. The molecule has 0 aromatic carbocycles. The number of thiazole rings is 1. The van der Waals surface area contributed by atoms with Gasteiger partial charge in [-0.3, -0.25) is 4.40 Å². The van der Waals surface area contributed by atoms with Crippen molar-refractivity contribution in [1.82, 2.24) is 9.38 Å². The molecule has 0 N–H and O–H groups in total. The number of fused-ring (bicyclic) bond motifs is 1. The lowest BCUT2D eigenvalue weighted by Crippen LogP contribution is -2.10. The zero-order valence-electron chi connectivity index (χ0n) is 8.40. The van der Waals surface area contributed by atoms with Crippen LogP contribution in [0.5, 0.6) is 0 Å². The summed E-state index contributed by atoms with van der Waals surface area (Å²) >= 11 is 7.95. The molecule has 1 aliphatic carbocycles. The summed E-state index contributed by atoms with van der Waals surface area (Å²) < 4.78 is 2.10. The Balaban J connectivity index is 1.80. The molecule has 2 aromatic rings. The number of imidazole rings is 1. The van der Waals surface area contributed by atoms with Gasteiger partial charge in [0.15, 0.2) is 4.96 Å². The Morgan fingerprint density at radius 2 is 2.47 bits per heavy atom. The number of halogens is 1. The molecule has 4 heteroatoms. The van der Waals surface area contributed by atoms with Gasteiger partial charge in [0.2, 0.25) is 0 Å². The van der Waals surface area contributed by atoms with Gasteiger partial charge in [0, 0.05) is 23.2 Å². The summed E-state index contributed by atoms with van der Waals surface area (Å²) in [4.78, 5) is 5.69. The first kappa shape index (κ1) is 9.67. The van der Waals surface area contributed by atoms with Gasteiger partial charge in [0.25, 0.3) is 0 Å². The van der Waals surface area contributed by atoms with Gasteiger partial charge in [-0.25, -0.2) is 4.98 Å². The molecule has 1 aliphatic rings. The molecule has 2 heterocycles.